The van der Waals surface area contributed by atoms with Gasteiger partial charge in [-0.15, -0.1) is 0 Å². The molecule has 0 bridgehead atoms. The first-order valence-electron chi connectivity index (χ1n) is 4.67. The van der Waals surface area contributed by atoms with E-state index in [1.54, 1.807) is 6.92 Å². The van der Waals surface area contributed by atoms with Crippen LogP contribution in [0.5, 0.6) is 0 Å². The molecule has 3 N–H and O–H groups in total. The number of amides is 1. The maximum atomic E-state index is 11.5. The Labute approximate surface area is 83.0 Å². The van der Waals surface area contributed by atoms with Crippen LogP contribution in [0.3, 0.4) is 0 Å². The molecule has 0 aromatic carbocycles. The lowest BCUT2D eigenvalue weighted by Gasteiger charge is -2.29. The highest BCUT2D eigenvalue weighted by Gasteiger charge is 2.45. The molecule has 1 fully saturated rings. The first-order chi connectivity index (χ1) is 6.52. The fourth-order valence-corrected chi connectivity index (χ4v) is 1.66. The molecule has 0 spiro atoms. The average molecular weight is 200 g/mol. The number of hydrogen-bond donors (Lipinski definition) is 2. The number of carbonyl (C=O) groups excluding carboxylic acids is 2. The second kappa shape index (κ2) is 3.96. The van der Waals surface area contributed by atoms with E-state index >= 15 is 0 Å². The van der Waals surface area contributed by atoms with E-state index in [1.807, 2.05) is 0 Å². The minimum Gasteiger partial charge on any atom is -0.468 e. The first-order valence-corrected chi connectivity index (χ1v) is 4.67. The number of carbonyl (C=O) groups is 2. The van der Waals surface area contributed by atoms with Crippen molar-refractivity contribution in [1.29, 1.82) is 0 Å². The van der Waals surface area contributed by atoms with Crippen molar-refractivity contribution >= 4 is 11.9 Å². The first kappa shape index (κ1) is 11.0. The van der Waals surface area contributed by atoms with E-state index in [-0.39, 0.29) is 5.91 Å². The summed E-state index contributed by atoms with van der Waals surface area (Å²) in [6.07, 6.45) is 1.17. The molecule has 0 unspecified atom stereocenters. The largest absolute Gasteiger partial charge is 0.468 e. The lowest BCUT2D eigenvalue weighted by atomic mass is 9.82. The Morgan fingerprint density at radius 2 is 2.36 bits per heavy atom. The van der Waals surface area contributed by atoms with Crippen LogP contribution in [0.15, 0.2) is 0 Å². The van der Waals surface area contributed by atoms with Gasteiger partial charge in [-0.05, 0) is 12.8 Å². The van der Waals surface area contributed by atoms with E-state index in [9.17, 15) is 9.59 Å². The van der Waals surface area contributed by atoms with Crippen LogP contribution in [0.2, 0.25) is 0 Å². The van der Waals surface area contributed by atoms with Gasteiger partial charge in [-0.2, -0.15) is 0 Å². The molecule has 0 radical (unpaired) electrons. The Balaban J connectivity index is 2.92. The second-order valence-corrected chi connectivity index (χ2v) is 3.65. The zero-order valence-corrected chi connectivity index (χ0v) is 8.50. The third-order valence-electron chi connectivity index (χ3n) is 2.80. The minimum absolute atomic E-state index is 0.185. The van der Waals surface area contributed by atoms with Crippen LogP contribution in [-0.4, -0.2) is 31.1 Å². The molecule has 5 heteroatoms. The monoisotopic (exact) mass is 200 g/mol. The van der Waals surface area contributed by atoms with Gasteiger partial charge in [-0.25, -0.2) is 0 Å². The second-order valence-electron chi connectivity index (χ2n) is 3.65. The van der Waals surface area contributed by atoms with E-state index < -0.39 is 17.4 Å². The highest BCUT2D eigenvalue weighted by atomic mass is 16.5. The van der Waals surface area contributed by atoms with Crippen molar-refractivity contribution in [3.8, 4) is 0 Å². The van der Waals surface area contributed by atoms with Crippen molar-refractivity contribution in [2.75, 3.05) is 13.7 Å². The fourth-order valence-electron chi connectivity index (χ4n) is 1.66. The smallest absolute Gasteiger partial charge is 0.326 e. The third kappa shape index (κ3) is 1.72. The minimum atomic E-state index is -1.17. The predicted molar refractivity (Wildman–Crippen MR) is 50.3 cm³/mol. The topological polar surface area (TPSA) is 81.4 Å². The van der Waals surface area contributed by atoms with Gasteiger partial charge in [-0.1, -0.05) is 6.92 Å². The fraction of sp³-hybridized carbons (Fsp3) is 0.778. The van der Waals surface area contributed by atoms with Crippen LogP contribution in [-0.2, 0) is 14.3 Å². The number of nitrogens with two attached hydrogens (primary N) is 1. The molecule has 1 amide bonds. The van der Waals surface area contributed by atoms with Gasteiger partial charge in [0.25, 0.3) is 0 Å². The Bertz CT molecular complexity index is 254. The molecule has 0 saturated carbocycles. The molecule has 5 nitrogen and oxygen atoms in total. The molecule has 80 valence electrons. The number of hydrogen-bond acceptors (Lipinski definition) is 4. The van der Waals surface area contributed by atoms with Gasteiger partial charge in [0.05, 0.1) is 13.0 Å². The summed E-state index contributed by atoms with van der Waals surface area (Å²) in [4.78, 5) is 22.9. The molecule has 1 saturated heterocycles. The van der Waals surface area contributed by atoms with Gasteiger partial charge in [0.2, 0.25) is 5.91 Å². The summed E-state index contributed by atoms with van der Waals surface area (Å²) in [7, 11) is 1.28. The lowest BCUT2D eigenvalue weighted by molar-refractivity contribution is -0.151. The summed E-state index contributed by atoms with van der Waals surface area (Å²) in [5.74, 6) is -1.24. The average Bonchev–Trinajstić information content (AvgIpc) is 2.31. The number of rotatable bonds is 1. The summed E-state index contributed by atoms with van der Waals surface area (Å²) in [6.45, 7) is 2.22. The van der Waals surface area contributed by atoms with Crippen LogP contribution in [0.25, 0.3) is 0 Å². The van der Waals surface area contributed by atoms with Crippen LogP contribution in [0, 0.1) is 5.92 Å². The van der Waals surface area contributed by atoms with Crippen molar-refractivity contribution in [2.24, 2.45) is 11.7 Å². The van der Waals surface area contributed by atoms with Crippen LogP contribution in [0.4, 0.5) is 0 Å². The summed E-state index contributed by atoms with van der Waals surface area (Å²) >= 11 is 0. The number of nitrogens with one attached hydrogen (secondary N) is 1. The number of esters is 1. The van der Waals surface area contributed by atoms with E-state index in [1.165, 1.54) is 7.11 Å². The molecule has 14 heavy (non-hydrogen) atoms. The normalized spacial score (nSPS) is 33.1. The van der Waals surface area contributed by atoms with E-state index in [0.717, 1.165) is 0 Å². The maximum Gasteiger partial charge on any atom is 0.326 e. The molecular formula is C9H16N2O3. The zero-order chi connectivity index (χ0) is 10.8. The summed E-state index contributed by atoms with van der Waals surface area (Å²) in [6, 6.07) is 0. The van der Waals surface area contributed by atoms with Gasteiger partial charge >= 0.3 is 5.97 Å². The molecule has 2 atom stereocenters. The van der Waals surface area contributed by atoms with Gasteiger partial charge < -0.3 is 15.8 Å². The Morgan fingerprint density at radius 3 is 2.93 bits per heavy atom. The highest BCUT2D eigenvalue weighted by molar-refractivity contribution is 5.90. The van der Waals surface area contributed by atoms with Crippen molar-refractivity contribution in [1.82, 2.24) is 5.32 Å². The van der Waals surface area contributed by atoms with Crippen molar-refractivity contribution in [3.63, 3.8) is 0 Å². The molecule has 0 aliphatic carbocycles. The number of ether oxygens (including phenoxy) is 1. The molecule has 1 rings (SSSR count). The van der Waals surface area contributed by atoms with Crippen LogP contribution in [0.1, 0.15) is 19.8 Å². The standard InChI is InChI=1S/C9H16N2O3/c1-6-7(12)11-5-3-4-9(6,10)8(13)14-2/h6H,3-5,10H2,1-2H3,(H,11,12)/t6-,9+/m1/s1. The molecule has 1 aliphatic heterocycles. The van der Waals surface area contributed by atoms with E-state index in [0.29, 0.717) is 19.4 Å². The van der Waals surface area contributed by atoms with Gasteiger partial charge in [0.1, 0.15) is 5.54 Å². The predicted octanol–water partition coefficient (Wildman–Crippen LogP) is -0.597. The summed E-state index contributed by atoms with van der Waals surface area (Å²) in [5, 5.41) is 2.70. The molecule has 0 aromatic heterocycles. The molecular weight excluding hydrogens is 184 g/mol. The molecule has 1 aliphatic rings. The van der Waals surface area contributed by atoms with E-state index in [2.05, 4.69) is 10.1 Å². The Kier molecular flexibility index (Phi) is 3.10. The van der Waals surface area contributed by atoms with Crippen molar-refractivity contribution in [3.05, 3.63) is 0 Å². The lowest BCUT2D eigenvalue weighted by Crippen LogP contribution is -2.56. The zero-order valence-electron chi connectivity index (χ0n) is 8.50. The summed E-state index contributed by atoms with van der Waals surface area (Å²) < 4.78 is 4.62. The maximum absolute atomic E-state index is 11.5. The number of methoxy groups -OCH3 is 1. The van der Waals surface area contributed by atoms with Gasteiger partial charge in [0.15, 0.2) is 0 Å². The van der Waals surface area contributed by atoms with Crippen molar-refractivity contribution < 1.29 is 14.3 Å². The van der Waals surface area contributed by atoms with Crippen LogP contribution >= 0.6 is 0 Å². The molecule has 0 aromatic rings. The van der Waals surface area contributed by atoms with Gasteiger partial charge in [0, 0.05) is 6.54 Å². The van der Waals surface area contributed by atoms with Crippen molar-refractivity contribution in [2.45, 2.75) is 25.3 Å². The third-order valence-corrected chi connectivity index (χ3v) is 2.80. The Hall–Kier alpha value is -1.10. The quantitative estimate of drug-likeness (QED) is 0.554. The molecule has 1 heterocycles. The SMILES string of the molecule is COC(=O)[C@]1(N)CCCNC(=O)[C@H]1C. The van der Waals surface area contributed by atoms with E-state index in [4.69, 9.17) is 5.73 Å². The Morgan fingerprint density at radius 1 is 1.71 bits per heavy atom. The highest BCUT2D eigenvalue weighted by Crippen LogP contribution is 2.24. The summed E-state index contributed by atoms with van der Waals surface area (Å²) in [5.41, 5.74) is 4.74. The van der Waals surface area contributed by atoms with Gasteiger partial charge in [-0.3, -0.25) is 9.59 Å². The van der Waals surface area contributed by atoms with Crippen LogP contribution < -0.4 is 11.1 Å².